The fourth-order valence-corrected chi connectivity index (χ4v) is 2.71. The Bertz CT molecular complexity index is 830. The van der Waals surface area contributed by atoms with Gasteiger partial charge in [0.2, 0.25) is 5.91 Å². The quantitative estimate of drug-likeness (QED) is 0.723. The Hall–Kier alpha value is -2.40. The van der Waals surface area contributed by atoms with E-state index < -0.39 is 0 Å². The molecule has 118 valence electrons. The van der Waals surface area contributed by atoms with Gasteiger partial charge in [0, 0.05) is 18.1 Å². The lowest BCUT2D eigenvalue weighted by molar-refractivity contribution is -0.132. The van der Waals surface area contributed by atoms with E-state index in [4.69, 9.17) is 11.6 Å². The minimum absolute atomic E-state index is 0.00290. The number of likely N-dealkylation sites (N-methyl/N-ethyl adjacent to an activating group) is 1. The number of amides is 1. The molecule has 0 aliphatic rings. The molecular formula is C17H17ClN4O. The molecule has 1 heterocycles. The predicted octanol–water partition coefficient (Wildman–Crippen LogP) is 3.13. The maximum absolute atomic E-state index is 12.6. The summed E-state index contributed by atoms with van der Waals surface area (Å²) in [5.41, 5.74) is 2.66. The van der Waals surface area contributed by atoms with Crippen molar-refractivity contribution in [2.45, 2.75) is 20.0 Å². The van der Waals surface area contributed by atoms with Gasteiger partial charge in [-0.2, -0.15) is 0 Å². The maximum Gasteiger partial charge on any atom is 0.244 e. The van der Waals surface area contributed by atoms with Gasteiger partial charge in [0.25, 0.3) is 0 Å². The third kappa shape index (κ3) is 3.51. The largest absolute Gasteiger partial charge is 0.337 e. The number of fused-ring (bicyclic) bond motifs is 1. The van der Waals surface area contributed by atoms with Crippen molar-refractivity contribution in [3.05, 3.63) is 59.1 Å². The van der Waals surface area contributed by atoms with Crippen molar-refractivity contribution >= 4 is 28.5 Å². The lowest BCUT2D eigenvalue weighted by atomic mass is 10.2. The first-order chi connectivity index (χ1) is 11.2. The Balaban J connectivity index is 1.75. The summed E-state index contributed by atoms with van der Waals surface area (Å²) >= 11 is 6.01. The van der Waals surface area contributed by atoms with Gasteiger partial charge < -0.3 is 4.90 Å². The number of carbonyl (C=O) groups excluding carboxylic acids is 1. The van der Waals surface area contributed by atoms with Gasteiger partial charge in [-0.1, -0.05) is 41.1 Å². The van der Waals surface area contributed by atoms with E-state index in [1.54, 1.807) is 9.58 Å². The van der Waals surface area contributed by atoms with Crippen molar-refractivity contribution < 1.29 is 4.79 Å². The summed E-state index contributed by atoms with van der Waals surface area (Å²) in [7, 11) is 0. The molecule has 1 aromatic heterocycles. The number of para-hydroxylation sites is 1. The van der Waals surface area contributed by atoms with Crippen LogP contribution >= 0.6 is 11.6 Å². The van der Waals surface area contributed by atoms with E-state index in [1.807, 2.05) is 55.5 Å². The average molecular weight is 329 g/mol. The number of halogens is 1. The molecule has 0 aliphatic carbocycles. The SMILES string of the molecule is CCN(Cc1cccc(Cl)c1)C(=O)Cn1nnc2ccccc21. The summed E-state index contributed by atoms with van der Waals surface area (Å²) in [4.78, 5) is 14.4. The number of nitrogens with zero attached hydrogens (tertiary/aromatic N) is 4. The van der Waals surface area contributed by atoms with Gasteiger partial charge in [0.1, 0.15) is 12.1 Å². The Morgan fingerprint density at radius 3 is 2.83 bits per heavy atom. The Morgan fingerprint density at radius 2 is 2.04 bits per heavy atom. The summed E-state index contributed by atoms with van der Waals surface area (Å²) in [6.45, 7) is 3.29. The van der Waals surface area contributed by atoms with Crippen molar-refractivity contribution in [1.82, 2.24) is 19.9 Å². The zero-order valence-corrected chi connectivity index (χ0v) is 13.6. The Labute approximate surface area is 139 Å². The summed E-state index contributed by atoms with van der Waals surface area (Å²) in [6, 6.07) is 15.2. The molecule has 0 atom stereocenters. The van der Waals surface area contributed by atoms with E-state index >= 15 is 0 Å². The van der Waals surface area contributed by atoms with E-state index in [0.717, 1.165) is 16.6 Å². The number of aromatic nitrogens is 3. The molecule has 3 aromatic rings. The Morgan fingerprint density at radius 1 is 1.22 bits per heavy atom. The molecule has 0 spiro atoms. The minimum atomic E-state index is 0.00290. The normalized spacial score (nSPS) is 10.9. The topological polar surface area (TPSA) is 51.0 Å². The van der Waals surface area contributed by atoms with Crippen LogP contribution in [-0.4, -0.2) is 32.3 Å². The molecule has 23 heavy (non-hydrogen) atoms. The molecule has 6 heteroatoms. The lowest BCUT2D eigenvalue weighted by Crippen LogP contribution is -2.33. The van der Waals surface area contributed by atoms with Gasteiger partial charge in [0.15, 0.2) is 0 Å². The standard InChI is InChI=1S/C17H17ClN4O/c1-2-21(11-13-6-5-7-14(18)10-13)17(23)12-22-16-9-4-3-8-15(16)19-20-22/h3-10H,2,11-12H2,1H3. The molecule has 0 bridgehead atoms. The van der Waals surface area contributed by atoms with Crippen LogP contribution in [0, 0.1) is 0 Å². The minimum Gasteiger partial charge on any atom is -0.337 e. The van der Waals surface area contributed by atoms with Crippen molar-refractivity contribution in [3.8, 4) is 0 Å². The first-order valence-electron chi connectivity index (χ1n) is 7.48. The maximum atomic E-state index is 12.6. The summed E-state index contributed by atoms with van der Waals surface area (Å²) < 4.78 is 1.64. The van der Waals surface area contributed by atoms with Crippen molar-refractivity contribution in [3.63, 3.8) is 0 Å². The van der Waals surface area contributed by atoms with Gasteiger partial charge in [-0.25, -0.2) is 4.68 Å². The monoisotopic (exact) mass is 328 g/mol. The molecule has 2 aromatic carbocycles. The zero-order chi connectivity index (χ0) is 16.2. The molecule has 0 aliphatic heterocycles. The van der Waals surface area contributed by atoms with Crippen LogP contribution in [0.5, 0.6) is 0 Å². The molecular weight excluding hydrogens is 312 g/mol. The first kappa shape index (κ1) is 15.5. The van der Waals surface area contributed by atoms with Gasteiger partial charge in [-0.3, -0.25) is 4.79 Å². The molecule has 1 amide bonds. The fourth-order valence-electron chi connectivity index (χ4n) is 2.49. The fraction of sp³-hybridized carbons (Fsp3) is 0.235. The molecule has 0 saturated carbocycles. The van der Waals surface area contributed by atoms with E-state index in [9.17, 15) is 4.79 Å². The number of carbonyl (C=O) groups is 1. The van der Waals surface area contributed by atoms with Crippen LogP contribution in [0.4, 0.5) is 0 Å². The molecule has 5 nitrogen and oxygen atoms in total. The van der Waals surface area contributed by atoms with Crippen LogP contribution in [0.25, 0.3) is 11.0 Å². The van der Waals surface area contributed by atoms with Crippen LogP contribution in [0.15, 0.2) is 48.5 Å². The van der Waals surface area contributed by atoms with Crippen LogP contribution in [0.3, 0.4) is 0 Å². The number of benzene rings is 2. The van der Waals surface area contributed by atoms with Crippen LogP contribution in [0.2, 0.25) is 5.02 Å². The number of hydrogen-bond donors (Lipinski definition) is 0. The van der Waals surface area contributed by atoms with Gasteiger partial charge in [-0.05, 0) is 36.8 Å². The number of rotatable bonds is 5. The average Bonchev–Trinajstić information content (AvgIpc) is 2.96. The molecule has 0 unspecified atom stereocenters. The highest BCUT2D eigenvalue weighted by Gasteiger charge is 2.15. The van der Waals surface area contributed by atoms with Crippen molar-refractivity contribution in [2.75, 3.05) is 6.54 Å². The molecule has 3 rings (SSSR count). The second kappa shape index (κ2) is 6.79. The predicted molar refractivity (Wildman–Crippen MR) is 90.1 cm³/mol. The number of hydrogen-bond acceptors (Lipinski definition) is 3. The molecule has 0 N–H and O–H groups in total. The highest BCUT2D eigenvalue weighted by Crippen LogP contribution is 2.14. The smallest absolute Gasteiger partial charge is 0.244 e. The van der Waals surface area contributed by atoms with Crippen LogP contribution in [0.1, 0.15) is 12.5 Å². The molecule has 0 fully saturated rings. The molecule has 0 radical (unpaired) electrons. The first-order valence-corrected chi connectivity index (χ1v) is 7.85. The van der Waals surface area contributed by atoms with Gasteiger partial charge >= 0.3 is 0 Å². The zero-order valence-electron chi connectivity index (χ0n) is 12.8. The van der Waals surface area contributed by atoms with Crippen molar-refractivity contribution in [1.29, 1.82) is 0 Å². The van der Waals surface area contributed by atoms with Crippen LogP contribution < -0.4 is 0 Å². The summed E-state index contributed by atoms with van der Waals surface area (Å²) in [5, 5.41) is 8.82. The summed E-state index contributed by atoms with van der Waals surface area (Å²) in [6.07, 6.45) is 0. The molecule has 0 saturated heterocycles. The van der Waals surface area contributed by atoms with E-state index in [0.29, 0.717) is 18.1 Å². The third-order valence-electron chi connectivity index (χ3n) is 3.70. The van der Waals surface area contributed by atoms with E-state index in [1.165, 1.54) is 0 Å². The van der Waals surface area contributed by atoms with E-state index in [-0.39, 0.29) is 12.5 Å². The second-order valence-electron chi connectivity index (χ2n) is 5.27. The highest BCUT2D eigenvalue weighted by molar-refractivity contribution is 6.30. The Kier molecular flexibility index (Phi) is 4.57. The summed E-state index contributed by atoms with van der Waals surface area (Å²) in [5.74, 6) is 0.00290. The highest BCUT2D eigenvalue weighted by atomic mass is 35.5. The van der Waals surface area contributed by atoms with Gasteiger partial charge in [-0.15, -0.1) is 5.10 Å². The lowest BCUT2D eigenvalue weighted by Gasteiger charge is -2.21. The second-order valence-corrected chi connectivity index (χ2v) is 5.71. The van der Waals surface area contributed by atoms with Crippen LogP contribution in [-0.2, 0) is 17.9 Å². The third-order valence-corrected chi connectivity index (χ3v) is 3.94. The van der Waals surface area contributed by atoms with Crippen molar-refractivity contribution in [2.24, 2.45) is 0 Å². The van der Waals surface area contributed by atoms with Gasteiger partial charge in [0.05, 0.1) is 5.52 Å². The van der Waals surface area contributed by atoms with E-state index in [2.05, 4.69) is 10.3 Å².